The van der Waals surface area contributed by atoms with E-state index < -0.39 is 0 Å². The van der Waals surface area contributed by atoms with Gasteiger partial charge in [-0.25, -0.2) is 0 Å². The highest BCUT2D eigenvalue weighted by Crippen LogP contribution is 2.38. The van der Waals surface area contributed by atoms with Gasteiger partial charge in [-0.1, -0.05) is 85.3 Å². The summed E-state index contributed by atoms with van der Waals surface area (Å²) in [5.41, 5.74) is 2.86. The Morgan fingerprint density at radius 3 is 2.36 bits per heavy atom. The largest absolute Gasteiger partial charge is 0.270 e. The van der Waals surface area contributed by atoms with Gasteiger partial charge in [-0.15, -0.1) is 0 Å². The predicted octanol–water partition coefficient (Wildman–Crippen LogP) is 6.52. The molecule has 1 amide bonds. The van der Waals surface area contributed by atoms with Crippen LogP contribution < -0.4 is 4.90 Å². The van der Waals surface area contributed by atoms with Gasteiger partial charge in [0.05, 0.1) is 20.6 Å². The van der Waals surface area contributed by atoms with Gasteiger partial charge in [0.1, 0.15) is 0 Å². The fourth-order valence-corrected chi connectivity index (χ4v) is 4.03. The molecule has 1 aliphatic rings. The molecule has 1 saturated heterocycles. The fraction of sp³-hybridized carbons (Fsp3) is 0.158. The number of nitrogens with zero attached hydrogens (tertiary/aromatic N) is 1. The number of amides is 1. The monoisotopic (exact) mass is 407 g/mol. The summed E-state index contributed by atoms with van der Waals surface area (Å²) in [7, 11) is 0. The Morgan fingerprint density at radius 2 is 1.76 bits per heavy atom. The second kappa shape index (κ2) is 7.50. The van der Waals surface area contributed by atoms with E-state index in [2.05, 4.69) is 26.0 Å². The zero-order valence-electron chi connectivity index (χ0n) is 13.6. The quantitative estimate of drug-likeness (QED) is 0.426. The molecule has 2 nitrogen and oxygen atoms in total. The number of benzene rings is 2. The Balaban J connectivity index is 1.88. The fourth-order valence-electron chi connectivity index (χ4n) is 2.44. The van der Waals surface area contributed by atoms with E-state index in [1.165, 1.54) is 22.2 Å². The molecule has 128 valence electrons. The van der Waals surface area contributed by atoms with Crippen LogP contribution in [-0.2, 0) is 4.79 Å². The van der Waals surface area contributed by atoms with Crippen molar-refractivity contribution in [2.45, 2.75) is 19.8 Å². The number of halogens is 2. The van der Waals surface area contributed by atoms with Crippen LogP contribution in [0.2, 0.25) is 10.0 Å². The van der Waals surface area contributed by atoms with E-state index in [0.29, 0.717) is 30.9 Å². The van der Waals surface area contributed by atoms with Crippen LogP contribution in [0.3, 0.4) is 0 Å². The van der Waals surface area contributed by atoms with Crippen molar-refractivity contribution in [2.75, 3.05) is 4.90 Å². The molecule has 0 aromatic heterocycles. The molecule has 1 fully saturated rings. The Bertz CT molecular complexity index is 875. The third kappa shape index (κ3) is 3.93. The van der Waals surface area contributed by atoms with Gasteiger partial charge in [-0.05, 0) is 41.3 Å². The Kier molecular flexibility index (Phi) is 5.54. The second-order valence-electron chi connectivity index (χ2n) is 5.94. The summed E-state index contributed by atoms with van der Waals surface area (Å²) in [5, 5.41) is 0.832. The molecule has 3 rings (SSSR count). The van der Waals surface area contributed by atoms with Crippen molar-refractivity contribution >= 4 is 69.2 Å². The molecule has 0 bridgehead atoms. The van der Waals surface area contributed by atoms with E-state index in [1.807, 2.05) is 18.2 Å². The minimum absolute atomic E-state index is 0.152. The summed E-state index contributed by atoms with van der Waals surface area (Å²) in [6.07, 6.45) is 1.86. The summed E-state index contributed by atoms with van der Waals surface area (Å²) in [4.78, 5) is 14.8. The van der Waals surface area contributed by atoms with Crippen LogP contribution in [0.1, 0.15) is 30.9 Å². The minimum Gasteiger partial charge on any atom is -0.268 e. The van der Waals surface area contributed by atoms with E-state index in [4.69, 9.17) is 35.4 Å². The predicted molar refractivity (Wildman–Crippen MR) is 113 cm³/mol. The Labute approximate surface area is 166 Å². The Morgan fingerprint density at radius 1 is 1.08 bits per heavy atom. The van der Waals surface area contributed by atoms with E-state index >= 15 is 0 Å². The number of anilines is 1. The number of hydrogen-bond acceptors (Lipinski definition) is 3. The lowest BCUT2D eigenvalue weighted by molar-refractivity contribution is -0.113. The molecule has 25 heavy (non-hydrogen) atoms. The summed E-state index contributed by atoms with van der Waals surface area (Å²) < 4.78 is 0.480. The number of carbonyl (C=O) groups is 1. The van der Waals surface area contributed by atoms with Crippen LogP contribution >= 0.6 is 47.2 Å². The number of carbonyl (C=O) groups excluding carboxylic acids is 1. The van der Waals surface area contributed by atoms with Crippen molar-refractivity contribution in [1.82, 2.24) is 0 Å². The second-order valence-corrected chi connectivity index (χ2v) is 8.43. The van der Waals surface area contributed by atoms with Gasteiger partial charge in [-0.3, -0.25) is 9.69 Å². The van der Waals surface area contributed by atoms with E-state index in [1.54, 1.807) is 18.2 Å². The summed E-state index contributed by atoms with van der Waals surface area (Å²) >= 11 is 18.7. The smallest absolute Gasteiger partial charge is 0.268 e. The average Bonchev–Trinajstić information content (AvgIpc) is 2.85. The van der Waals surface area contributed by atoms with Crippen molar-refractivity contribution in [2.24, 2.45) is 0 Å². The number of hydrogen-bond donors (Lipinski definition) is 0. The maximum Gasteiger partial charge on any atom is 0.270 e. The van der Waals surface area contributed by atoms with Gasteiger partial charge in [0.2, 0.25) is 0 Å². The van der Waals surface area contributed by atoms with Gasteiger partial charge in [-0.2, -0.15) is 0 Å². The first-order valence-electron chi connectivity index (χ1n) is 7.70. The van der Waals surface area contributed by atoms with Gasteiger partial charge in [0.15, 0.2) is 4.32 Å². The van der Waals surface area contributed by atoms with Crippen LogP contribution in [0, 0.1) is 0 Å². The van der Waals surface area contributed by atoms with Crippen LogP contribution in [0.25, 0.3) is 6.08 Å². The van der Waals surface area contributed by atoms with Gasteiger partial charge in [0, 0.05) is 0 Å². The van der Waals surface area contributed by atoms with Crippen molar-refractivity contribution in [3.8, 4) is 0 Å². The average molecular weight is 408 g/mol. The number of rotatable bonds is 3. The van der Waals surface area contributed by atoms with E-state index in [-0.39, 0.29) is 5.91 Å². The molecule has 0 radical (unpaired) electrons. The van der Waals surface area contributed by atoms with Crippen molar-refractivity contribution in [1.29, 1.82) is 0 Å². The van der Waals surface area contributed by atoms with E-state index in [9.17, 15) is 4.79 Å². The van der Waals surface area contributed by atoms with Crippen LogP contribution in [-0.4, -0.2) is 10.2 Å². The zero-order chi connectivity index (χ0) is 18.1. The van der Waals surface area contributed by atoms with Gasteiger partial charge in [0.25, 0.3) is 5.91 Å². The first kappa shape index (κ1) is 18.5. The van der Waals surface area contributed by atoms with Crippen molar-refractivity contribution in [3.63, 3.8) is 0 Å². The first-order valence-corrected chi connectivity index (χ1v) is 9.68. The molecule has 0 aliphatic carbocycles. The van der Waals surface area contributed by atoms with Crippen LogP contribution in [0.5, 0.6) is 0 Å². The Hall–Kier alpha value is -1.33. The third-order valence-electron chi connectivity index (χ3n) is 3.86. The molecule has 2 aromatic rings. The summed E-state index contributed by atoms with van der Waals surface area (Å²) in [5.74, 6) is 0.322. The normalized spacial score (nSPS) is 16.4. The molecule has 0 saturated carbocycles. The SMILES string of the molecule is CC(C)c1ccc(/C=C2\SC(=S)N(c3ccc(Cl)c(Cl)c3)C2=O)cc1. The van der Waals surface area contributed by atoms with E-state index in [0.717, 1.165) is 5.56 Å². The molecule has 0 atom stereocenters. The number of thiocarbonyl (C=S) groups is 1. The zero-order valence-corrected chi connectivity index (χ0v) is 16.8. The third-order valence-corrected chi connectivity index (χ3v) is 5.90. The highest BCUT2D eigenvalue weighted by Gasteiger charge is 2.33. The lowest BCUT2D eigenvalue weighted by Gasteiger charge is -2.15. The minimum atomic E-state index is -0.152. The molecule has 0 spiro atoms. The molecule has 1 heterocycles. The van der Waals surface area contributed by atoms with Crippen molar-refractivity contribution < 1.29 is 4.79 Å². The highest BCUT2D eigenvalue weighted by atomic mass is 35.5. The first-order chi connectivity index (χ1) is 11.9. The van der Waals surface area contributed by atoms with Crippen LogP contribution in [0.15, 0.2) is 47.4 Å². The molecular weight excluding hydrogens is 393 g/mol. The van der Waals surface area contributed by atoms with Gasteiger partial charge < -0.3 is 0 Å². The summed E-state index contributed by atoms with van der Waals surface area (Å²) in [6.45, 7) is 4.30. The lowest BCUT2D eigenvalue weighted by Crippen LogP contribution is -2.27. The molecular formula is C19H15Cl2NOS2. The molecule has 0 unspecified atom stereocenters. The lowest BCUT2D eigenvalue weighted by atomic mass is 10.0. The topological polar surface area (TPSA) is 20.3 Å². The maximum atomic E-state index is 12.8. The summed E-state index contributed by atoms with van der Waals surface area (Å²) in [6, 6.07) is 13.2. The molecule has 0 N–H and O–H groups in total. The van der Waals surface area contributed by atoms with Gasteiger partial charge >= 0.3 is 0 Å². The molecule has 1 aliphatic heterocycles. The van der Waals surface area contributed by atoms with Crippen molar-refractivity contribution in [3.05, 3.63) is 68.5 Å². The molecule has 6 heteroatoms. The standard InChI is InChI=1S/C19H15Cl2NOS2/c1-11(2)13-5-3-12(4-6-13)9-17-18(23)22(19(24)25-17)14-7-8-15(20)16(21)10-14/h3-11H,1-2H3/b17-9-. The molecule has 2 aromatic carbocycles. The van der Waals surface area contributed by atoms with Crippen LogP contribution in [0.4, 0.5) is 5.69 Å². The maximum absolute atomic E-state index is 12.8. The highest BCUT2D eigenvalue weighted by molar-refractivity contribution is 8.27. The number of thioether (sulfide) groups is 1.